The molecule has 0 aromatic heterocycles. The second-order valence-corrected chi connectivity index (χ2v) is 13.3. The summed E-state index contributed by atoms with van der Waals surface area (Å²) in [5, 5.41) is 19.4. The van der Waals surface area contributed by atoms with Crippen molar-refractivity contribution in [3.63, 3.8) is 0 Å². The first-order valence-corrected chi connectivity index (χ1v) is 14.9. The van der Waals surface area contributed by atoms with E-state index in [-0.39, 0.29) is 43.4 Å². The second-order valence-electron chi connectivity index (χ2n) is 11.1. The summed E-state index contributed by atoms with van der Waals surface area (Å²) in [5.74, 6) is -3.88. The summed E-state index contributed by atoms with van der Waals surface area (Å²) >= 11 is 0. The minimum Gasteiger partial charge on any atom is -0.481 e. The van der Waals surface area contributed by atoms with Crippen LogP contribution in [0.4, 0.5) is 35.1 Å². The first-order valence-electron chi connectivity index (χ1n) is 13.4. The fraction of sp³-hybridized carbons (Fsp3) is 0.500. The number of likely N-dealkylation sites (tertiary alicyclic amines) is 1. The number of aliphatic hydroxyl groups is 1. The maximum Gasteiger partial charge on any atom is 0.435 e. The molecule has 1 amide bonds. The van der Waals surface area contributed by atoms with Gasteiger partial charge in [-0.15, -0.1) is 0 Å². The molecule has 1 heterocycles. The van der Waals surface area contributed by atoms with Crippen LogP contribution in [0, 0.1) is 17.7 Å². The number of benzene rings is 2. The minimum atomic E-state index is -6.41. The Bertz CT molecular complexity index is 1470. The van der Waals surface area contributed by atoms with E-state index in [0.29, 0.717) is 12.1 Å². The number of rotatable bonds is 7. The monoisotopic (exact) mass is 657 g/mol. The molecule has 2 aromatic carbocycles. The van der Waals surface area contributed by atoms with Crippen LogP contribution in [-0.2, 0) is 29.8 Å². The lowest BCUT2D eigenvalue weighted by Crippen LogP contribution is -2.50. The van der Waals surface area contributed by atoms with Gasteiger partial charge in [0.1, 0.15) is 10.6 Å². The topological polar surface area (TPSA) is 112 Å². The van der Waals surface area contributed by atoms with Gasteiger partial charge in [0.05, 0.1) is 23.5 Å². The van der Waals surface area contributed by atoms with Crippen molar-refractivity contribution in [2.24, 2.45) is 11.8 Å². The van der Waals surface area contributed by atoms with Gasteiger partial charge in [-0.3, -0.25) is 9.59 Å². The number of carbonyl (C=O) groups excluding carboxylic acids is 1. The molecule has 0 radical (unpaired) electrons. The minimum absolute atomic E-state index is 0.143. The average molecular weight is 658 g/mol. The van der Waals surface area contributed by atoms with Crippen molar-refractivity contribution < 1.29 is 63.3 Å². The van der Waals surface area contributed by atoms with Gasteiger partial charge in [0.25, 0.3) is 0 Å². The molecule has 16 heteroatoms. The molecule has 7 nitrogen and oxygen atoms in total. The first kappa shape index (κ1) is 33.6. The van der Waals surface area contributed by atoms with Gasteiger partial charge < -0.3 is 15.1 Å². The van der Waals surface area contributed by atoms with E-state index in [1.807, 2.05) is 0 Å². The van der Waals surface area contributed by atoms with Crippen LogP contribution >= 0.6 is 0 Å². The molecule has 1 aliphatic carbocycles. The number of hydrogen-bond donors (Lipinski definition) is 2. The summed E-state index contributed by atoms with van der Waals surface area (Å²) in [4.78, 5) is 25.5. The van der Waals surface area contributed by atoms with E-state index in [1.165, 1.54) is 0 Å². The standard InChI is InChI=1S/C28H27F8NO6S/c29-20-9-11-22(12-10-20)44(42,43)25(18-5-7-19(8-6-18)26(30,27(31,32)33)28(34,35)36)13-21(14-38)37(15-25)23(39)16-1-3-17(4-2-16)24(40)41/h5-12,16-17,21,38H,1-4,13-15H2,(H,40,41). The van der Waals surface area contributed by atoms with Crippen molar-refractivity contribution in [1.29, 1.82) is 0 Å². The lowest BCUT2D eigenvalue weighted by Gasteiger charge is -2.33. The van der Waals surface area contributed by atoms with Gasteiger partial charge >= 0.3 is 24.0 Å². The summed E-state index contributed by atoms with van der Waals surface area (Å²) in [5.41, 5.74) is -8.02. The number of carboxylic acids is 1. The SMILES string of the molecule is O=C(O)C1CCC(C(=O)N2CC(c3ccc(C(F)(C(F)(F)F)C(F)(F)F)cc3)(S(=O)(=O)c3ccc(F)cc3)CC2CO)CC1. The van der Waals surface area contributed by atoms with E-state index < -0.39 is 98.2 Å². The van der Waals surface area contributed by atoms with Crippen LogP contribution in [0.15, 0.2) is 53.4 Å². The zero-order valence-electron chi connectivity index (χ0n) is 22.7. The zero-order chi connectivity index (χ0) is 32.9. The molecule has 2 aliphatic rings. The summed E-state index contributed by atoms with van der Waals surface area (Å²) < 4.78 is 135. The molecule has 2 N–H and O–H groups in total. The molecule has 4 rings (SSSR count). The quantitative estimate of drug-likeness (QED) is 0.310. The summed E-state index contributed by atoms with van der Waals surface area (Å²) in [6, 6.07) is 3.78. The Morgan fingerprint density at radius 1 is 0.841 bits per heavy atom. The van der Waals surface area contributed by atoms with Crippen LogP contribution in [0.5, 0.6) is 0 Å². The van der Waals surface area contributed by atoms with Crippen LogP contribution < -0.4 is 0 Å². The molecule has 2 unspecified atom stereocenters. The van der Waals surface area contributed by atoms with Gasteiger partial charge in [-0.2, -0.15) is 26.3 Å². The number of aliphatic carboxylic acids is 1. The number of halogens is 8. The third kappa shape index (κ3) is 5.54. The van der Waals surface area contributed by atoms with Gasteiger partial charge in [-0.05, 0) is 61.9 Å². The van der Waals surface area contributed by atoms with E-state index in [9.17, 15) is 63.3 Å². The molecule has 1 aliphatic heterocycles. The Balaban J connectivity index is 1.81. The molecular formula is C28H27F8NO6S. The number of aliphatic hydroxyl groups excluding tert-OH is 1. The molecular weight excluding hydrogens is 630 g/mol. The van der Waals surface area contributed by atoms with Crippen LogP contribution in [0.2, 0.25) is 0 Å². The van der Waals surface area contributed by atoms with E-state index in [2.05, 4.69) is 0 Å². The maximum absolute atomic E-state index is 14.7. The number of carboxylic acid groups (broad SMARTS) is 1. The van der Waals surface area contributed by atoms with E-state index in [1.54, 1.807) is 0 Å². The highest BCUT2D eigenvalue weighted by Gasteiger charge is 2.73. The molecule has 0 bridgehead atoms. The van der Waals surface area contributed by atoms with Gasteiger partial charge in [0, 0.05) is 18.0 Å². The van der Waals surface area contributed by atoms with Crippen LogP contribution in [-0.4, -0.2) is 67.0 Å². The molecule has 1 saturated carbocycles. The molecule has 2 fully saturated rings. The molecule has 2 aromatic rings. The maximum atomic E-state index is 14.7. The van der Waals surface area contributed by atoms with Crippen molar-refractivity contribution >= 4 is 21.7 Å². The number of alkyl halides is 7. The van der Waals surface area contributed by atoms with Gasteiger partial charge in [0.2, 0.25) is 5.91 Å². The van der Waals surface area contributed by atoms with Crippen LogP contribution in [0.25, 0.3) is 0 Å². The molecule has 44 heavy (non-hydrogen) atoms. The fourth-order valence-electron chi connectivity index (χ4n) is 6.09. The summed E-state index contributed by atoms with van der Waals surface area (Å²) in [7, 11) is -4.72. The lowest BCUT2D eigenvalue weighted by atomic mass is 9.81. The summed E-state index contributed by atoms with van der Waals surface area (Å²) in [6.45, 7) is -1.47. The molecule has 2 atom stereocenters. The normalized spacial score (nSPS) is 25.2. The number of sulfone groups is 1. The van der Waals surface area contributed by atoms with E-state index >= 15 is 0 Å². The molecule has 1 saturated heterocycles. The second kappa shape index (κ2) is 11.6. The van der Waals surface area contributed by atoms with E-state index in [0.717, 1.165) is 29.2 Å². The predicted octanol–water partition coefficient (Wildman–Crippen LogP) is 5.27. The Hall–Kier alpha value is -3.27. The van der Waals surface area contributed by atoms with E-state index in [4.69, 9.17) is 0 Å². The Morgan fingerprint density at radius 2 is 1.34 bits per heavy atom. The Kier molecular flexibility index (Phi) is 8.85. The Morgan fingerprint density at radius 3 is 1.80 bits per heavy atom. The Labute approximate surface area is 246 Å². The third-order valence-electron chi connectivity index (χ3n) is 8.58. The number of carbonyl (C=O) groups is 2. The predicted molar refractivity (Wildman–Crippen MR) is 137 cm³/mol. The third-order valence-corrected chi connectivity index (χ3v) is 11.0. The van der Waals surface area contributed by atoms with Crippen LogP contribution in [0.1, 0.15) is 43.2 Å². The van der Waals surface area contributed by atoms with Crippen molar-refractivity contribution in [3.8, 4) is 0 Å². The van der Waals surface area contributed by atoms with Crippen molar-refractivity contribution in [1.82, 2.24) is 4.90 Å². The summed E-state index contributed by atoms with van der Waals surface area (Å²) in [6.07, 6.45) is -12.8. The molecule has 0 spiro atoms. The lowest BCUT2D eigenvalue weighted by molar-refractivity contribution is -0.348. The largest absolute Gasteiger partial charge is 0.481 e. The van der Waals surface area contributed by atoms with Crippen molar-refractivity contribution in [3.05, 3.63) is 65.5 Å². The number of hydrogen-bond acceptors (Lipinski definition) is 5. The van der Waals surface area contributed by atoms with Gasteiger partial charge in [-0.25, -0.2) is 17.2 Å². The zero-order valence-corrected chi connectivity index (χ0v) is 23.5. The molecule has 242 valence electrons. The van der Waals surface area contributed by atoms with Crippen molar-refractivity contribution in [2.75, 3.05) is 13.2 Å². The van der Waals surface area contributed by atoms with Crippen LogP contribution in [0.3, 0.4) is 0 Å². The number of nitrogens with zero attached hydrogens (tertiary/aromatic N) is 1. The van der Waals surface area contributed by atoms with Gasteiger partial charge in [0.15, 0.2) is 9.84 Å². The highest BCUT2D eigenvalue weighted by atomic mass is 32.2. The average Bonchev–Trinajstić information content (AvgIpc) is 3.37. The fourth-order valence-corrected chi connectivity index (χ4v) is 8.21. The smallest absolute Gasteiger partial charge is 0.435 e. The van der Waals surface area contributed by atoms with Crippen molar-refractivity contribution in [2.45, 2.75) is 65.8 Å². The van der Waals surface area contributed by atoms with Gasteiger partial charge in [-0.1, -0.05) is 24.3 Å². The number of amides is 1. The highest BCUT2D eigenvalue weighted by Crippen LogP contribution is 2.54. The highest BCUT2D eigenvalue weighted by molar-refractivity contribution is 7.92. The first-order chi connectivity index (χ1) is 20.3.